The maximum atomic E-state index is 9.97. The molecular formula is C5H5NaO3. The first-order valence-electron chi connectivity index (χ1n) is 2.07. The molecule has 1 aromatic heterocycles. The number of aromatic carboxylic acids is 1. The summed E-state index contributed by atoms with van der Waals surface area (Å²) in [6.07, 6.45) is 1.32. The molecule has 0 aliphatic carbocycles. The van der Waals surface area contributed by atoms with Gasteiger partial charge in [0.25, 0.3) is 0 Å². The number of carbonyl (C=O) groups is 1. The summed E-state index contributed by atoms with van der Waals surface area (Å²) in [4.78, 5) is 9.97. The maximum Gasteiger partial charge on any atom is 1.00 e. The Balaban J connectivity index is 0. The molecule has 0 spiro atoms. The molecule has 1 heterocycles. The second-order valence-electron chi connectivity index (χ2n) is 1.28. The average Bonchev–Trinajstić information content (AvgIpc) is 2.12. The van der Waals surface area contributed by atoms with Crippen LogP contribution in [0.4, 0.5) is 0 Å². The zero-order valence-corrected chi connectivity index (χ0v) is 7.00. The molecule has 0 unspecified atom stereocenters. The molecule has 0 saturated heterocycles. The quantitative estimate of drug-likeness (QED) is 0.458. The minimum Gasteiger partial charge on any atom is -1.00 e. The SMILES string of the molecule is O=C(O)c1ccco1.[H-].[Na+]. The molecule has 0 aliphatic rings. The van der Waals surface area contributed by atoms with Crippen molar-refractivity contribution in [3.63, 3.8) is 0 Å². The van der Waals surface area contributed by atoms with Gasteiger partial charge in [-0.2, -0.15) is 0 Å². The molecule has 0 aliphatic heterocycles. The number of hydrogen-bond donors (Lipinski definition) is 1. The molecule has 4 heteroatoms. The Hall–Kier alpha value is -0.250. The van der Waals surface area contributed by atoms with Gasteiger partial charge in [0.1, 0.15) is 0 Å². The van der Waals surface area contributed by atoms with Crippen LogP contribution in [0.3, 0.4) is 0 Å². The molecular weight excluding hydrogens is 131 g/mol. The smallest absolute Gasteiger partial charge is 1.00 e. The van der Waals surface area contributed by atoms with Gasteiger partial charge in [0.15, 0.2) is 0 Å². The molecule has 1 rings (SSSR count). The Morgan fingerprint density at radius 1 is 1.78 bits per heavy atom. The van der Waals surface area contributed by atoms with Crippen LogP contribution in [-0.2, 0) is 0 Å². The van der Waals surface area contributed by atoms with Crippen LogP contribution in [0.1, 0.15) is 12.0 Å². The number of carboxylic acid groups (broad SMARTS) is 1. The van der Waals surface area contributed by atoms with Crippen LogP contribution in [0, 0.1) is 0 Å². The predicted molar refractivity (Wildman–Crippen MR) is 26.8 cm³/mol. The van der Waals surface area contributed by atoms with Gasteiger partial charge in [0.05, 0.1) is 6.26 Å². The van der Waals surface area contributed by atoms with E-state index in [0.717, 1.165) is 0 Å². The summed E-state index contributed by atoms with van der Waals surface area (Å²) >= 11 is 0. The van der Waals surface area contributed by atoms with Crippen LogP contribution in [0.25, 0.3) is 0 Å². The van der Waals surface area contributed by atoms with E-state index in [9.17, 15) is 4.79 Å². The fourth-order valence-corrected chi connectivity index (χ4v) is 0.400. The third kappa shape index (κ3) is 2.22. The number of hydrogen-bond acceptors (Lipinski definition) is 2. The van der Waals surface area contributed by atoms with Gasteiger partial charge in [-0.15, -0.1) is 0 Å². The van der Waals surface area contributed by atoms with Crippen molar-refractivity contribution >= 4 is 5.97 Å². The second kappa shape index (κ2) is 3.71. The van der Waals surface area contributed by atoms with E-state index in [4.69, 9.17) is 5.11 Å². The van der Waals surface area contributed by atoms with Gasteiger partial charge >= 0.3 is 35.5 Å². The molecule has 9 heavy (non-hydrogen) atoms. The first-order chi connectivity index (χ1) is 3.80. The molecule has 1 N–H and O–H groups in total. The van der Waals surface area contributed by atoms with Crippen LogP contribution in [-0.4, -0.2) is 11.1 Å². The third-order valence-corrected chi connectivity index (χ3v) is 0.732. The van der Waals surface area contributed by atoms with E-state index in [0.29, 0.717) is 0 Å². The van der Waals surface area contributed by atoms with Gasteiger partial charge in [-0.3, -0.25) is 0 Å². The molecule has 0 bridgehead atoms. The third-order valence-electron chi connectivity index (χ3n) is 0.732. The van der Waals surface area contributed by atoms with Crippen molar-refractivity contribution in [3.05, 3.63) is 24.2 Å². The second-order valence-corrected chi connectivity index (χ2v) is 1.28. The molecule has 0 saturated carbocycles. The average molecular weight is 136 g/mol. The van der Waals surface area contributed by atoms with Gasteiger partial charge in [0.2, 0.25) is 5.76 Å². The molecule has 1 aromatic rings. The van der Waals surface area contributed by atoms with Crippen molar-refractivity contribution in [1.82, 2.24) is 0 Å². The minimum absolute atomic E-state index is 0. The van der Waals surface area contributed by atoms with E-state index in [1.165, 1.54) is 18.4 Å². The monoisotopic (exact) mass is 136 g/mol. The summed E-state index contributed by atoms with van der Waals surface area (Å²) in [7, 11) is 0. The van der Waals surface area contributed by atoms with E-state index < -0.39 is 5.97 Å². The van der Waals surface area contributed by atoms with E-state index in [2.05, 4.69) is 4.42 Å². The Kier molecular flexibility index (Phi) is 3.61. The van der Waals surface area contributed by atoms with Crippen molar-refractivity contribution < 1.29 is 45.3 Å². The van der Waals surface area contributed by atoms with E-state index in [1.54, 1.807) is 0 Å². The first kappa shape index (κ1) is 8.75. The number of rotatable bonds is 1. The maximum absolute atomic E-state index is 9.97. The zero-order chi connectivity index (χ0) is 5.98. The zero-order valence-electron chi connectivity index (χ0n) is 6.00. The summed E-state index contributed by atoms with van der Waals surface area (Å²) in [5, 5.41) is 8.18. The van der Waals surface area contributed by atoms with E-state index in [1.807, 2.05) is 0 Å². The summed E-state index contributed by atoms with van der Waals surface area (Å²) in [6.45, 7) is 0. The fourth-order valence-electron chi connectivity index (χ4n) is 0.400. The standard InChI is InChI=1S/C5H4O3.Na.H/c6-5(7)4-2-1-3-8-4;;/h1-3H,(H,6,7);;/q;+1;-1. The van der Waals surface area contributed by atoms with Crippen LogP contribution in [0.2, 0.25) is 0 Å². The molecule has 0 radical (unpaired) electrons. The van der Waals surface area contributed by atoms with Gasteiger partial charge in [0, 0.05) is 0 Å². The Morgan fingerprint density at radius 3 is 2.67 bits per heavy atom. The summed E-state index contributed by atoms with van der Waals surface area (Å²) < 4.78 is 4.50. The van der Waals surface area contributed by atoms with Crippen LogP contribution in [0.5, 0.6) is 0 Å². The summed E-state index contributed by atoms with van der Waals surface area (Å²) in [5.74, 6) is -1.06. The van der Waals surface area contributed by atoms with Gasteiger partial charge in [-0.1, -0.05) is 0 Å². The van der Waals surface area contributed by atoms with Gasteiger partial charge < -0.3 is 11.0 Å². The molecule has 0 fully saturated rings. The van der Waals surface area contributed by atoms with Crippen molar-refractivity contribution in [2.45, 2.75) is 0 Å². The fraction of sp³-hybridized carbons (Fsp3) is 0. The van der Waals surface area contributed by atoms with Crippen LogP contribution >= 0.6 is 0 Å². The van der Waals surface area contributed by atoms with Crippen LogP contribution in [0.15, 0.2) is 22.8 Å². The van der Waals surface area contributed by atoms with Gasteiger partial charge in [-0.25, -0.2) is 4.79 Å². The summed E-state index contributed by atoms with van der Waals surface area (Å²) in [5.41, 5.74) is 0. The predicted octanol–water partition coefficient (Wildman–Crippen LogP) is -1.91. The molecule has 3 nitrogen and oxygen atoms in total. The van der Waals surface area contributed by atoms with Gasteiger partial charge in [-0.05, 0) is 12.1 Å². The Labute approximate surface area is 75.4 Å². The molecule has 44 valence electrons. The molecule has 0 aromatic carbocycles. The van der Waals surface area contributed by atoms with Crippen molar-refractivity contribution in [1.29, 1.82) is 0 Å². The molecule has 0 atom stereocenters. The normalized spacial score (nSPS) is 8.00. The largest absolute Gasteiger partial charge is 1.00 e. The number of furan rings is 1. The topological polar surface area (TPSA) is 50.4 Å². The van der Waals surface area contributed by atoms with E-state index >= 15 is 0 Å². The Bertz CT molecular complexity index is 185. The number of carboxylic acids is 1. The Morgan fingerprint density at radius 2 is 2.44 bits per heavy atom. The van der Waals surface area contributed by atoms with Crippen molar-refractivity contribution in [2.24, 2.45) is 0 Å². The van der Waals surface area contributed by atoms with Crippen molar-refractivity contribution in [2.75, 3.05) is 0 Å². The van der Waals surface area contributed by atoms with Crippen molar-refractivity contribution in [3.8, 4) is 0 Å². The first-order valence-corrected chi connectivity index (χ1v) is 2.07. The van der Waals surface area contributed by atoms with Crippen LogP contribution < -0.4 is 29.6 Å². The molecule has 0 amide bonds. The van der Waals surface area contributed by atoms with E-state index in [-0.39, 0.29) is 36.7 Å². The summed E-state index contributed by atoms with van der Waals surface area (Å²) in [6, 6.07) is 2.92. The minimum atomic E-state index is -1.03.